The number of anilines is 6. The van der Waals surface area contributed by atoms with Crippen LogP contribution in [-0.2, 0) is 4.79 Å². The van der Waals surface area contributed by atoms with Gasteiger partial charge in [-0.3, -0.25) is 4.79 Å². The lowest BCUT2D eigenvalue weighted by Gasteiger charge is -2.26. The Labute approximate surface area is 206 Å². The zero-order valence-electron chi connectivity index (χ0n) is 20.9. The van der Waals surface area contributed by atoms with Crippen molar-refractivity contribution in [1.29, 1.82) is 0 Å². The predicted molar refractivity (Wildman–Crippen MR) is 143 cm³/mol. The van der Waals surface area contributed by atoms with E-state index < -0.39 is 0 Å². The Morgan fingerprint density at radius 1 is 1.06 bits per heavy atom. The second-order valence-corrected chi connectivity index (χ2v) is 8.37. The van der Waals surface area contributed by atoms with Gasteiger partial charge in [-0.1, -0.05) is 24.3 Å². The van der Waals surface area contributed by atoms with Crippen molar-refractivity contribution >= 4 is 40.4 Å². The molecule has 2 aromatic carbocycles. The smallest absolute Gasteiger partial charge is 0.247 e. The van der Waals surface area contributed by atoms with Crippen LogP contribution in [0.15, 0.2) is 61.3 Å². The molecule has 1 heterocycles. The average molecular weight is 476 g/mol. The van der Waals surface area contributed by atoms with Gasteiger partial charge >= 0.3 is 0 Å². The van der Waals surface area contributed by atoms with Crippen molar-refractivity contribution in [3.05, 3.63) is 66.9 Å². The molecule has 0 fully saturated rings. The first-order chi connectivity index (χ1) is 16.8. The fourth-order valence-electron chi connectivity index (χ4n) is 3.30. The van der Waals surface area contributed by atoms with E-state index in [1.807, 2.05) is 64.5 Å². The monoisotopic (exact) mass is 475 g/mol. The number of carbonyl (C=O) groups is 1. The van der Waals surface area contributed by atoms with E-state index in [2.05, 4.69) is 42.3 Å². The molecule has 0 aliphatic heterocycles. The van der Waals surface area contributed by atoms with Gasteiger partial charge in [0.1, 0.15) is 11.6 Å². The van der Waals surface area contributed by atoms with Gasteiger partial charge in [0.15, 0.2) is 0 Å². The summed E-state index contributed by atoms with van der Waals surface area (Å²) < 4.78 is 5.65. The second-order valence-electron chi connectivity index (χ2n) is 8.37. The summed E-state index contributed by atoms with van der Waals surface area (Å²) in [6.45, 7) is 7.22. The third kappa shape index (κ3) is 7.18. The van der Waals surface area contributed by atoms with Gasteiger partial charge in [-0.15, -0.1) is 0 Å². The molecule has 9 nitrogen and oxygen atoms in total. The molecule has 184 valence electrons. The molecular formula is C26H33N7O2. The maximum atomic E-state index is 12.1. The molecule has 0 radical (unpaired) electrons. The van der Waals surface area contributed by atoms with Gasteiger partial charge in [0.25, 0.3) is 0 Å². The van der Waals surface area contributed by atoms with E-state index in [9.17, 15) is 4.79 Å². The summed E-state index contributed by atoms with van der Waals surface area (Å²) in [4.78, 5) is 25.2. The Bertz CT molecular complexity index is 1160. The van der Waals surface area contributed by atoms with Crippen molar-refractivity contribution in [3.8, 4) is 5.75 Å². The van der Waals surface area contributed by atoms with Crippen LogP contribution >= 0.6 is 0 Å². The molecule has 3 aromatic rings. The molecule has 0 bridgehead atoms. The molecule has 35 heavy (non-hydrogen) atoms. The number of likely N-dealkylation sites (N-methyl/N-ethyl adjacent to an activating group) is 2. The number of hydrogen-bond acceptors (Lipinski definition) is 8. The van der Waals surface area contributed by atoms with Gasteiger partial charge in [-0.25, -0.2) is 4.98 Å². The van der Waals surface area contributed by atoms with E-state index in [1.165, 1.54) is 11.6 Å². The molecule has 0 atom stereocenters. The zero-order chi connectivity index (χ0) is 25.4. The highest BCUT2D eigenvalue weighted by Gasteiger charge is 2.16. The minimum Gasteiger partial charge on any atom is -0.494 e. The Morgan fingerprint density at radius 3 is 2.46 bits per heavy atom. The Hall–Kier alpha value is -4.11. The summed E-state index contributed by atoms with van der Waals surface area (Å²) >= 11 is 0. The summed E-state index contributed by atoms with van der Waals surface area (Å²) in [6.07, 6.45) is 2.91. The lowest BCUT2D eigenvalue weighted by atomic mass is 10.2. The van der Waals surface area contributed by atoms with Crippen LogP contribution in [0, 0.1) is 6.92 Å². The van der Waals surface area contributed by atoms with Crippen LogP contribution in [0.2, 0.25) is 0 Å². The standard InChI is InChI=1S/C26H33N7O2/c1-7-25(34)29-20-16-21(23(35-6)17-22(20)33(5)15-14-32(3)4)30-26-27-13-12-24(31-26)28-19-10-8-18(2)9-11-19/h7-13,16-17H,1,14-15H2,2-6H3,(H,29,34)(H2,27,28,30,31). The first-order valence-corrected chi connectivity index (χ1v) is 11.2. The first-order valence-electron chi connectivity index (χ1n) is 11.2. The Morgan fingerprint density at radius 2 is 1.80 bits per heavy atom. The number of carbonyl (C=O) groups excluding carboxylic acids is 1. The molecule has 1 aromatic heterocycles. The van der Waals surface area contributed by atoms with Gasteiger partial charge in [-0.05, 0) is 51.4 Å². The van der Waals surface area contributed by atoms with Crippen molar-refractivity contribution in [2.45, 2.75) is 6.92 Å². The highest BCUT2D eigenvalue weighted by molar-refractivity contribution is 6.02. The van der Waals surface area contributed by atoms with Crippen molar-refractivity contribution in [3.63, 3.8) is 0 Å². The molecule has 0 unspecified atom stereocenters. The van der Waals surface area contributed by atoms with Gasteiger partial charge in [-0.2, -0.15) is 4.98 Å². The van der Waals surface area contributed by atoms with Crippen LogP contribution in [0.25, 0.3) is 0 Å². The number of rotatable bonds is 11. The maximum absolute atomic E-state index is 12.1. The van der Waals surface area contributed by atoms with E-state index in [0.29, 0.717) is 28.9 Å². The number of nitrogens with zero attached hydrogens (tertiary/aromatic N) is 4. The summed E-state index contributed by atoms with van der Waals surface area (Å²) in [5.41, 5.74) is 4.16. The van der Waals surface area contributed by atoms with Crippen LogP contribution < -0.4 is 25.6 Å². The minimum absolute atomic E-state index is 0.302. The van der Waals surface area contributed by atoms with Crippen LogP contribution in [0.1, 0.15) is 5.56 Å². The van der Waals surface area contributed by atoms with Crippen molar-refractivity contribution in [2.75, 3.05) is 62.2 Å². The summed E-state index contributed by atoms with van der Waals surface area (Å²) in [6, 6.07) is 13.5. The summed E-state index contributed by atoms with van der Waals surface area (Å²) in [5.74, 6) is 1.32. The Balaban J connectivity index is 1.90. The molecular weight excluding hydrogens is 442 g/mol. The summed E-state index contributed by atoms with van der Waals surface area (Å²) in [5, 5.41) is 9.39. The van der Waals surface area contributed by atoms with Crippen LogP contribution in [0.3, 0.4) is 0 Å². The number of hydrogen-bond donors (Lipinski definition) is 3. The molecule has 0 saturated heterocycles. The number of nitrogens with one attached hydrogen (secondary N) is 3. The molecule has 3 N–H and O–H groups in total. The van der Waals surface area contributed by atoms with Gasteiger partial charge in [0.05, 0.1) is 24.2 Å². The lowest BCUT2D eigenvalue weighted by molar-refractivity contribution is -0.111. The highest BCUT2D eigenvalue weighted by Crippen LogP contribution is 2.38. The van der Waals surface area contributed by atoms with E-state index in [4.69, 9.17) is 4.74 Å². The van der Waals surface area contributed by atoms with E-state index in [1.54, 1.807) is 19.4 Å². The van der Waals surface area contributed by atoms with Gasteiger partial charge in [0.2, 0.25) is 11.9 Å². The number of ether oxygens (including phenoxy) is 1. The van der Waals surface area contributed by atoms with Crippen LogP contribution in [-0.4, -0.2) is 62.1 Å². The normalized spacial score (nSPS) is 10.6. The number of benzene rings is 2. The zero-order valence-corrected chi connectivity index (χ0v) is 20.9. The minimum atomic E-state index is -0.302. The largest absolute Gasteiger partial charge is 0.494 e. The predicted octanol–water partition coefficient (Wildman–Crippen LogP) is 4.40. The molecule has 0 aliphatic carbocycles. The van der Waals surface area contributed by atoms with E-state index in [-0.39, 0.29) is 5.91 Å². The van der Waals surface area contributed by atoms with Crippen molar-refractivity contribution < 1.29 is 9.53 Å². The maximum Gasteiger partial charge on any atom is 0.247 e. The molecule has 0 saturated carbocycles. The summed E-state index contributed by atoms with van der Waals surface area (Å²) in [7, 11) is 7.61. The topological polar surface area (TPSA) is 94.6 Å². The molecule has 9 heteroatoms. The third-order valence-electron chi connectivity index (χ3n) is 5.28. The average Bonchev–Trinajstić information content (AvgIpc) is 2.84. The fraction of sp³-hybridized carbons (Fsp3) is 0.269. The van der Waals surface area contributed by atoms with Crippen molar-refractivity contribution in [1.82, 2.24) is 14.9 Å². The van der Waals surface area contributed by atoms with Gasteiger partial charge in [0, 0.05) is 38.1 Å². The molecule has 3 rings (SSSR count). The third-order valence-corrected chi connectivity index (χ3v) is 5.28. The second kappa shape index (κ2) is 11.8. The van der Waals surface area contributed by atoms with Crippen molar-refractivity contribution in [2.24, 2.45) is 0 Å². The van der Waals surface area contributed by atoms with E-state index >= 15 is 0 Å². The molecule has 0 aliphatic rings. The number of methoxy groups -OCH3 is 1. The fourth-order valence-corrected chi connectivity index (χ4v) is 3.30. The number of aryl methyl sites for hydroxylation is 1. The van der Waals surface area contributed by atoms with Crippen LogP contribution in [0.5, 0.6) is 5.75 Å². The SMILES string of the molecule is C=CC(=O)Nc1cc(Nc2nccc(Nc3ccc(C)cc3)n2)c(OC)cc1N(C)CCN(C)C. The van der Waals surface area contributed by atoms with E-state index in [0.717, 1.165) is 24.5 Å². The lowest BCUT2D eigenvalue weighted by Crippen LogP contribution is -2.29. The highest BCUT2D eigenvalue weighted by atomic mass is 16.5. The van der Waals surface area contributed by atoms with Crippen LogP contribution in [0.4, 0.5) is 34.5 Å². The molecule has 1 amide bonds. The molecule has 0 spiro atoms. The number of amides is 1. The number of aromatic nitrogens is 2. The first kappa shape index (κ1) is 25.5. The quantitative estimate of drug-likeness (QED) is 0.351. The Kier molecular flexibility index (Phi) is 8.63. The van der Waals surface area contributed by atoms with Gasteiger partial charge < -0.3 is 30.5 Å².